The van der Waals surface area contributed by atoms with Crippen molar-refractivity contribution < 1.29 is 17.6 Å². The summed E-state index contributed by atoms with van der Waals surface area (Å²) in [6.07, 6.45) is -3.03. The Hall–Kier alpha value is -2.43. The summed E-state index contributed by atoms with van der Waals surface area (Å²) in [5, 5.41) is 1.70. The number of alkyl halides is 3. The van der Waals surface area contributed by atoms with Gasteiger partial charge in [-0.15, -0.1) is 0 Å². The third-order valence-electron chi connectivity index (χ3n) is 3.49. The lowest BCUT2D eigenvalue weighted by atomic mass is 9.99. The smallest absolute Gasteiger partial charge is 0.260 e. The molecular formula is C17H11F4N. The summed E-state index contributed by atoms with van der Waals surface area (Å²) in [5.41, 5.74) is -0.407. The minimum absolute atomic E-state index is 0.00350. The molecule has 0 fully saturated rings. The average Bonchev–Trinajstić information content (AvgIpc) is 2.48. The molecule has 0 aliphatic carbocycles. The Bertz CT molecular complexity index is 819. The van der Waals surface area contributed by atoms with Gasteiger partial charge in [-0.25, -0.2) is 4.39 Å². The van der Waals surface area contributed by atoms with Crippen LogP contribution in [0.2, 0.25) is 0 Å². The van der Waals surface area contributed by atoms with E-state index in [2.05, 4.69) is 4.98 Å². The van der Waals surface area contributed by atoms with Gasteiger partial charge in [0.1, 0.15) is 5.82 Å². The van der Waals surface area contributed by atoms with Crippen LogP contribution < -0.4 is 0 Å². The molecule has 5 heteroatoms. The number of aromatic nitrogens is 1. The Morgan fingerprint density at radius 1 is 0.955 bits per heavy atom. The maximum Gasteiger partial charge on any atom is 0.416 e. The van der Waals surface area contributed by atoms with Crippen molar-refractivity contribution in [2.45, 2.75) is 12.6 Å². The predicted octanol–water partition coefficient (Wildman–Crippen LogP) is 4.98. The molecule has 2 aromatic carbocycles. The number of benzene rings is 2. The number of rotatable bonds is 2. The van der Waals surface area contributed by atoms with E-state index < -0.39 is 17.6 Å². The van der Waals surface area contributed by atoms with Crippen LogP contribution in [0.4, 0.5) is 17.6 Å². The van der Waals surface area contributed by atoms with Gasteiger partial charge < -0.3 is 0 Å². The lowest BCUT2D eigenvalue weighted by Crippen LogP contribution is -2.10. The topological polar surface area (TPSA) is 12.9 Å². The van der Waals surface area contributed by atoms with Crippen LogP contribution in [0.15, 0.2) is 54.7 Å². The summed E-state index contributed by atoms with van der Waals surface area (Å²) in [6, 6.07) is 11.9. The maximum atomic E-state index is 13.2. The number of hydrogen-bond donors (Lipinski definition) is 0. The quantitative estimate of drug-likeness (QED) is 0.608. The first-order valence-electron chi connectivity index (χ1n) is 6.63. The fourth-order valence-corrected chi connectivity index (χ4v) is 2.47. The highest BCUT2D eigenvalue weighted by molar-refractivity contribution is 5.84. The molecule has 112 valence electrons. The monoisotopic (exact) mass is 305 g/mol. The van der Waals surface area contributed by atoms with Crippen molar-refractivity contribution in [2.24, 2.45) is 0 Å². The van der Waals surface area contributed by atoms with E-state index in [1.807, 2.05) is 24.3 Å². The molecule has 0 spiro atoms. The first-order valence-corrected chi connectivity index (χ1v) is 6.63. The third kappa shape index (κ3) is 2.79. The molecule has 1 nitrogen and oxygen atoms in total. The van der Waals surface area contributed by atoms with Gasteiger partial charge in [-0.3, -0.25) is 4.98 Å². The molecule has 0 saturated carbocycles. The molecule has 0 radical (unpaired) electrons. The van der Waals surface area contributed by atoms with E-state index in [1.54, 1.807) is 12.3 Å². The SMILES string of the molecule is Fc1ccc(Cc2nccc3ccccc23)c(C(F)(F)F)c1. The van der Waals surface area contributed by atoms with Crippen LogP contribution in [0.5, 0.6) is 0 Å². The summed E-state index contributed by atoms with van der Waals surface area (Å²) in [5.74, 6) is -0.901. The van der Waals surface area contributed by atoms with Crippen molar-refractivity contribution >= 4 is 10.8 Å². The van der Waals surface area contributed by atoms with Crippen LogP contribution in [0.3, 0.4) is 0 Å². The van der Waals surface area contributed by atoms with Crippen molar-refractivity contribution in [3.05, 3.63) is 77.4 Å². The maximum absolute atomic E-state index is 13.2. The van der Waals surface area contributed by atoms with Gasteiger partial charge in [0.2, 0.25) is 0 Å². The summed E-state index contributed by atoms with van der Waals surface area (Å²) < 4.78 is 52.3. The fourth-order valence-electron chi connectivity index (χ4n) is 2.47. The molecule has 1 aromatic heterocycles. The number of nitrogens with zero attached hydrogens (tertiary/aromatic N) is 1. The third-order valence-corrected chi connectivity index (χ3v) is 3.49. The molecule has 0 amide bonds. The normalized spacial score (nSPS) is 11.8. The lowest BCUT2D eigenvalue weighted by molar-refractivity contribution is -0.138. The van der Waals surface area contributed by atoms with Crippen LogP contribution in [-0.4, -0.2) is 4.98 Å². The molecule has 0 saturated heterocycles. The highest BCUT2D eigenvalue weighted by Crippen LogP contribution is 2.34. The van der Waals surface area contributed by atoms with Crippen LogP contribution in [0, 0.1) is 5.82 Å². The Kier molecular flexibility index (Phi) is 3.56. The first-order chi connectivity index (χ1) is 10.4. The van der Waals surface area contributed by atoms with Crippen LogP contribution in [0.1, 0.15) is 16.8 Å². The van der Waals surface area contributed by atoms with Gasteiger partial charge in [-0.1, -0.05) is 30.3 Å². The lowest BCUT2D eigenvalue weighted by Gasteiger charge is -2.13. The Labute approximate surface area is 124 Å². The van der Waals surface area contributed by atoms with E-state index in [0.29, 0.717) is 11.8 Å². The number of halogens is 4. The van der Waals surface area contributed by atoms with Crippen LogP contribution >= 0.6 is 0 Å². The van der Waals surface area contributed by atoms with Gasteiger partial charge in [0, 0.05) is 18.0 Å². The highest BCUT2D eigenvalue weighted by atomic mass is 19.4. The van der Waals surface area contributed by atoms with Gasteiger partial charge in [0.15, 0.2) is 0 Å². The van der Waals surface area contributed by atoms with E-state index in [0.717, 1.165) is 16.8 Å². The van der Waals surface area contributed by atoms with E-state index >= 15 is 0 Å². The zero-order chi connectivity index (χ0) is 15.7. The van der Waals surface area contributed by atoms with Crippen LogP contribution in [0.25, 0.3) is 10.8 Å². The molecular weight excluding hydrogens is 294 g/mol. The second kappa shape index (κ2) is 5.40. The summed E-state index contributed by atoms with van der Waals surface area (Å²) in [6.45, 7) is 0. The van der Waals surface area contributed by atoms with Crippen molar-refractivity contribution in [1.29, 1.82) is 0 Å². The fraction of sp³-hybridized carbons (Fsp3) is 0.118. The van der Waals surface area contributed by atoms with Crippen molar-refractivity contribution in [2.75, 3.05) is 0 Å². The minimum Gasteiger partial charge on any atom is -0.260 e. The number of hydrogen-bond acceptors (Lipinski definition) is 1. The Morgan fingerprint density at radius 2 is 1.73 bits per heavy atom. The minimum atomic E-state index is -4.60. The van der Waals surface area contributed by atoms with E-state index in [-0.39, 0.29) is 12.0 Å². The van der Waals surface area contributed by atoms with Crippen molar-refractivity contribution in [3.63, 3.8) is 0 Å². The first kappa shape index (κ1) is 14.5. The van der Waals surface area contributed by atoms with Gasteiger partial charge in [-0.2, -0.15) is 13.2 Å². The van der Waals surface area contributed by atoms with E-state index in [9.17, 15) is 17.6 Å². The van der Waals surface area contributed by atoms with Crippen molar-refractivity contribution in [3.8, 4) is 0 Å². The molecule has 0 bridgehead atoms. The zero-order valence-electron chi connectivity index (χ0n) is 11.4. The van der Waals surface area contributed by atoms with Crippen LogP contribution in [-0.2, 0) is 12.6 Å². The number of pyridine rings is 1. The van der Waals surface area contributed by atoms with Gasteiger partial charge in [0.25, 0.3) is 0 Å². The largest absolute Gasteiger partial charge is 0.416 e. The highest BCUT2D eigenvalue weighted by Gasteiger charge is 2.33. The number of fused-ring (bicyclic) bond motifs is 1. The second-order valence-electron chi connectivity index (χ2n) is 4.95. The van der Waals surface area contributed by atoms with Crippen molar-refractivity contribution in [1.82, 2.24) is 4.98 Å². The average molecular weight is 305 g/mol. The molecule has 22 heavy (non-hydrogen) atoms. The van der Waals surface area contributed by atoms with Gasteiger partial charge >= 0.3 is 6.18 Å². The predicted molar refractivity (Wildman–Crippen MR) is 76.0 cm³/mol. The molecule has 0 unspecified atom stereocenters. The van der Waals surface area contributed by atoms with E-state index in [1.165, 1.54) is 6.07 Å². The summed E-state index contributed by atoms with van der Waals surface area (Å²) in [4.78, 5) is 4.19. The molecule has 0 aliphatic rings. The van der Waals surface area contributed by atoms with E-state index in [4.69, 9.17) is 0 Å². The molecule has 3 rings (SSSR count). The summed E-state index contributed by atoms with van der Waals surface area (Å²) >= 11 is 0. The zero-order valence-corrected chi connectivity index (χ0v) is 11.4. The molecule has 0 N–H and O–H groups in total. The molecule has 3 aromatic rings. The molecule has 0 atom stereocenters. The van der Waals surface area contributed by atoms with Gasteiger partial charge in [0.05, 0.1) is 11.3 Å². The molecule has 1 heterocycles. The standard InChI is InChI=1S/C17H11F4N/c18-13-6-5-12(15(10-13)17(19,20)21)9-16-14-4-2-1-3-11(14)7-8-22-16/h1-8,10H,9H2. The molecule has 0 aliphatic heterocycles. The second-order valence-corrected chi connectivity index (χ2v) is 4.95. The van der Waals surface area contributed by atoms with Gasteiger partial charge in [-0.05, 0) is 29.1 Å². The Morgan fingerprint density at radius 3 is 2.50 bits per heavy atom. The summed E-state index contributed by atoms with van der Waals surface area (Å²) in [7, 11) is 0. The Balaban J connectivity index is 2.10.